The molecule has 0 spiro atoms. The topological polar surface area (TPSA) is 78.0 Å². The zero-order chi connectivity index (χ0) is 13.2. The van der Waals surface area contributed by atoms with E-state index < -0.39 is 6.10 Å². The van der Waals surface area contributed by atoms with Crippen molar-refractivity contribution in [2.45, 2.75) is 19.1 Å². The summed E-state index contributed by atoms with van der Waals surface area (Å²) in [7, 11) is 0. The van der Waals surface area contributed by atoms with E-state index >= 15 is 0 Å². The number of aromatic nitrogens is 2. The summed E-state index contributed by atoms with van der Waals surface area (Å²) in [5, 5.41) is 13.4. The number of nitrogens with zero attached hydrogens (tertiary/aromatic N) is 1. The lowest BCUT2D eigenvalue weighted by molar-refractivity contribution is 0.208. The van der Waals surface area contributed by atoms with E-state index in [1.165, 1.54) is 0 Å². The molecule has 3 N–H and O–H groups in total. The quantitative estimate of drug-likeness (QED) is 0.732. The molecule has 1 aliphatic heterocycles. The first-order valence-electron chi connectivity index (χ1n) is 6.31. The number of fused-ring (bicyclic) bond motifs is 1. The van der Waals surface area contributed by atoms with Gasteiger partial charge in [0.2, 0.25) is 0 Å². The van der Waals surface area contributed by atoms with Crippen molar-refractivity contribution in [3.63, 3.8) is 0 Å². The molecule has 5 nitrogen and oxygen atoms in total. The van der Waals surface area contributed by atoms with Crippen LogP contribution in [0.5, 0.6) is 0 Å². The van der Waals surface area contributed by atoms with Gasteiger partial charge in [0.1, 0.15) is 11.9 Å². The molecule has 1 aromatic heterocycles. The standard InChI is InChI=1S/C14H15N3O2/c18-12(9-4-2-1-3-5-9)13-16-11-8-15-7-6-10(11)14(19)17-13/h1-5,12,15,18H,6-8H2,(H,16,17,19)/t12-/m0/s1. The monoisotopic (exact) mass is 257 g/mol. The van der Waals surface area contributed by atoms with Crippen LogP contribution in [0.4, 0.5) is 0 Å². The zero-order valence-electron chi connectivity index (χ0n) is 10.4. The first-order valence-corrected chi connectivity index (χ1v) is 6.31. The van der Waals surface area contributed by atoms with Crippen molar-refractivity contribution in [1.82, 2.24) is 15.3 Å². The summed E-state index contributed by atoms with van der Waals surface area (Å²) in [6.07, 6.45) is -0.222. The molecule has 0 fully saturated rings. The van der Waals surface area contributed by atoms with E-state index in [9.17, 15) is 9.90 Å². The van der Waals surface area contributed by atoms with Crippen LogP contribution in [0.2, 0.25) is 0 Å². The molecule has 0 saturated carbocycles. The molecule has 1 aliphatic rings. The molecule has 2 aromatic rings. The SMILES string of the molecule is O=c1[nH]c([C@@H](O)c2ccccc2)nc2c1CCNC2. The predicted octanol–water partition coefficient (Wildman–Crippen LogP) is 0.497. The highest BCUT2D eigenvalue weighted by atomic mass is 16.3. The molecular weight excluding hydrogens is 242 g/mol. The van der Waals surface area contributed by atoms with Crippen molar-refractivity contribution in [2.24, 2.45) is 0 Å². The van der Waals surface area contributed by atoms with Crippen LogP contribution in [-0.4, -0.2) is 21.6 Å². The lowest BCUT2D eigenvalue weighted by atomic mass is 10.1. The predicted molar refractivity (Wildman–Crippen MR) is 70.8 cm³/mol. The fourth-order valence-corrected chi connectivity index (χ4v) is 2.31. The van der Waals surface area contributed by atoms with Gasteiger partial charge >= 0.3 is 0 Å². The third-order valence-corrected chi connectivity index (χ3v) is 3.34. The van der Waals surface area contributed by atoms with E-state index in [-0.39, 0.29) is 5.56 Å². The van der Waals surface area contributed by atoms with Gasteiger partial charge in [-0.1, -0.05) is 30.3 Å². The third kappa shape index (κ3) is 2.30. The van der Waals surface area contributed by atoms with Crippen LogP contribution in [0, 0.1) is 0 Å². The maximum absolute atomic E-state index is 12.0. The summed E-state index contributed by atoms with van der Waals surface area (Å²) in [6.45, 7) is 1.37. The molecule has 0 radical (unpaired) electrons. The molecule has 2 heterocycles. The smallest absolute Gasteiger partial charge is 0.254 e. The maximum Gasteiger partial charge on any atom is 0.254 e. The minimum Gasteiger partial charge on any atom is -0.380 e. The molecule has 0 unspecified atom stereocenters. The molecule has 5 heteroatoms. The molecule has 0 saturated heterocycles. The second-order valence-electron chi connectivity index (χ2n) is 4.62. The largest absolute Gasteiger partial charge is 0.380 e. The van der Waals surface area contributed by atoms with Gasteiger partial charge in [0.05, 0.1) is 5.69 Å². The Balaban J connectivity index is 2.02. The second kappa shape index (κ2) is 4.95. The Kier molecular flexibility index (Phi) is 3.15. The van der Waals surface area contributed by atoms with E-state index in [0.717, 1.165) is 23.4 Å². The molecule has 1 atom stereocenters. The summed E-state index contributed by atoms with van der Waals surface area (Å²) in [5.41, 5.74) is 2.04. The lowest BCUT2D eigenvalue weighted by Crippen LogP contribution is -2.32. The molecule has 3 rings (SSSR count). The van der Waals surface area contributed by atoms with Gasteiger partial charge in [-0.25, -0.2) is 4.98 Å². The van der Waals surface area contributed by atoms with Gasteiger partial charge in [-0.05, 0) is 18.5 Å². The summed E-state index contributed by atoms with van der Waals surface area (Å²) < 4.78 is 0. The number of aromatic amines is 1. The van der Waals surface area contributed by atoms with Crippen molar-refractivity contribution >= 4 is 0 Å². The first kappa shape index (κ1) is 12.1. The fourth-order valence-electron chi connectivity index (χ4n) is 2.31. The average Bonchev–Trinajstić information content (AvgIpc) is 2.47. The Labute approximate surface area is 110 Å². The normalized spacial score (nSPS) is 15.8. The number of aliphatic hydroxyl groups excluding tert-OH is 1. The maximum atomic E-state index is 12.0. The number of benzene rings is 1. The van der Waals surface area contributed by atoms with Crippen molar-refractivity contribution in [3.8, 4) is 0 Å². The molecule has 1 aromatic carbocycles. The number of hydrogen-bond acceptors (Lipinski definition) is 4. The summed E-state index contributed by atoms with van der Waals surface area (Å²) in [5.74, 6) is 0.304. The van der Waals surface area contributed by atoms with Gasteiger partial charge in [0, 0.05) is 12.1 Å². The van der Waals surface area contributed by atoms with Crippen LogP contribution in [0.1, 0.15) is 28.7 Å². The molecule has 0 bridgehead atoms. The zero-order valence-corrected chi connectivity index (χ0v) is 10.4. The van der Waals surface area contributed by atoms with Gasteiger partial charge in [-0.2, -0.15) is 0 Å². The minimum atomic E-state index is -0.902. The third-order valence-electron chi connectivity index (χ3n) is 3.34. The fraction of sp³-hybridized carbons (Fsp3) is 0.286. The summed E-state index contributed by atoms with van der Waals surface area (Å²) >= 11 is 0. The lowest BCUT2D eigenvalue weighted by Gasteiger charge is -2.17. The van der Waals surface area contributed by atoms with Gasteiger partial charge in [-0.15, -0.1) is 0 Å². The Hall–Kier alpha value is -1.98. The highest BCUT2D eigenvalue weighted by Gasteiger charge is 2.19. The van der Waals surface area contributed by atoms with E-state index in [0.29, 0.717) is 18.8 Å². The van der Waals surface area contributed by atoms with E-state index in [4.69, 9.17) is 0 Å². The number of aliphatic hydroxyl groups is 1. The first-order chi connectivity index (χ1) is 9.25. The summed E-state index contributed by atoms with van der Waals surface area (Å²) in [6, 6.07) is 9.18. The Morgan fingerprint density at radius 2 is 2.05 bits per heavy atom. The highest BCUT2D eigenvalue weighted by molar-refractivity contribution is 5.26. The molecule has 19 heavy (non-hydrogen) atoms. The van der Waals surface area contributed by atoms with Gasteiger partial charge in [-0.3, -0.25) is 4.79 Å². The van der Waals surface area contributed by atoms with Crippen LogP contribution in [0.3, 0.4) is 0 Å². The molecular formula is C14H15N3O2. The Morgan fingerprint density at radius 1 is 1.26 bits per heavy atom. The highest BCUT2D eigenvalue weighted by Crippen LogP contribution is 2.18. The van der Waals surface area contributed by atoms with Crippen LogP contribution >= 0.6 is 0 Å². The van der Waals surface area contributed by atoms with E-state index in [1.54, 1.807) is 0 Å². The molecule has 98 valence electrons. The number of nitrogens with one attached hydrogen (secondary N) is 2. The number of H-pyrrole nitrogens is 1. The average molecular weight is 257 g/mol. The summed E-state index contributed by atoms with van der Waals surface area (Å²) in [4.78, 5) is 19.1. The van der Waals surface area contributed by atoms with Crippen LogP contribution in [0.15, 0.2) is 35.1 Å². The van der Waals surface area contributed by atoms with Crippen LogP contribution < -0.4 is 10.9 Å². The molecule has 0 amide bonds. The Morgan fingerprint density at radius 3 is 2.84 bits per heavy atom. The van der Waals surface area contributed by atoms with Crippen molar-refractivity contribution in [2.75, 3.05) is 6.54 Å². The van der Waals surface area contributed by atoms with E-state index in [2.05, 4.69) is 15.3 Å². The van der Waals surface area contributed by atoms with Gasteiger partial charge in [0.15, 0.2) is 0 Å². The van der Waals surface area contributed by atoms with Crippen LogP contribution in [-0.2, 0) is 13.0 Å². The van der Waals surface area contributed by atoms with Crippen molar-refractivity contribution < 1.29 is 5.11 Å². The Bertz CT molecular complexity index is 637. The molecule has 0 aliphatic carbocycles. The number of rotatable bonds is 2. The van der Waals surface area contributed by atoms with Gasteiger partial charge < -0.3 is 15.4 Å². The van der Waals surface area contributed by atoms with E-state index in [1.807, 2.05) is 30.3 Å². The minimum absolute atomic E-state index is 0.142. The number of hydrogen-bond donors (Lipinski definition) is 3. The van der Waals surface area contributed by atoms with Gasteiger partial charge in [0.25, 0.3) is 5.56 Å². The van der Waals surface area contributed by atoms with Crippen molar-refractivity contribution in [1.29, 1.82) is 0 Å². The van der Waals surface area contributed by atoms with Crippen LogP contribution in [0.25, 0.3) is 0 Å². The van der Waals surface area contributed by atoms with Crippen molar-refractivity contribution in [3.05, 3.63) is 63.3 Å². The second-order valence-corrected chi connectivity index (χ2v) is 4.62.